The number of methoxy groups -OCH3 is 6. The number of aromatic nitrogens is 4. The lowest BCUT2D eigenvalue weighted by Gasteiger charge is -2.21. The van der Waals surface area contributed by atoms with Crippen molar-refractivity contribution in [2.24, 2.45) is 11.5 Å². The number of nitrogens with two attached hydrogens (primary N) is 4. The molecule has 0 aliphatic heterocycles. The number of pyridine rings is 4. The number of aromatic hydroxyl groups is 2. The highest BCUT2D eigenvalue weighted by Crippen LogP contribution is 2.49. The Morgan fingerprint density at radius 3 is 1.15 bits per heavy atom. The molecule has 4 aromatic heterocycles. The Balaban J connectivity index is 0.850. The number of ether oxygens (including phenoxy) is 6. The topological polar surface area (TPSA) is 402 Å². The summed E-state index contributed by atoms with van der Waals surface area (Å²) in [4.78, 5) is 99.1. The second-order valence-electron chi connectivity index (χ2n) is 19.7. The van der Waals surface area contributed by atoms with Gasteiger partial charge in [-0.05, 0) is 125 Å². The van der Waals surface area contributed by atoms with Crippen LogP contribution in [0.1, 0.15) is 99.5 Å². The van der Waals surface area contributed by atoms with Crippen LogP contribution in [0.25, 0.3) is 45.0 Å². The quantitative estimate of drug-likeness (QED) is 0.0354. The van der Waals surface area contributed by atoms with Crippen molar-refractivity contribution in [3.8, 4) is 79.5 Å². The number of hydrogen-bond donors (Lipinski definition) is 10. The first-order chi connectivity index (χ1) is 41.3. The molecule has 0 unspecified atom stereocenters. The molecule has 0 radical (unpaired) electrons. The van der Waals surface area contributed by atoms with Gasteiger partial charge in [-0.3, -0.25) is 28.8 Å². The zero-order valence-corrected chi connectivity index (χ0v) is 48.6. The molecule has 2 aromatic carbocycles. The summed E-state index contributed by atoms with van der Waals surface area (Å²) in [6, 6.07) is 11.9. The normalized spacial score (nSPS) is 12.9. The summed E-state index contributed by atoms with van der Waals surface area (Å²) in [6.07, 6.45) is 2.81. The van der Waals surface area contributed by atoms with Gasteiger partial charge < -0.3 is 82.8 Å². The number of nitrogens with one attached hydrogen (secondary N) is 4. The van der Waals surface area contributed by atoms with E-state index in [0.29, 0.717) is 50.1 Å². The number of hydrogen-bond acceptors (Lipinski definition) is 24. The summed E-state index contributed by atoms with van der Waals surface area (Å²) >= 11 is 0. The molecule has 0 saturated heterocycles. The lowest BCUT2D eigenvalue weighted by Crippen LogP contribution is -2.30. The molecule has 4 heterocycles. The largest absolute Gasteiger partial charge is 0.504 e. The fourth-order valence-electron chi connectivity index (χ4n) is 10.1. The maximum absolute atomic E-state index is 14.0. The first kappa shape index (κ1) is 61.7. The number of amides is 2. The number of benzene rings is 2. The summed E-state index contributed by atoms with van der Waals surface area (Å²) in [6.45, 7) is 6.37. The Morgan fingerprint density at radius 2 is 0.802 bits per heavy atom. The third-order valence-corrected chi connectivity index (χ3v) is 14.5. The van der Waals surface area contributed by atoms with Crippen LogP contribution in [-0.2, 0) is 9.47 Å². The SMILES string of the molecule is COC1=C(N)C(=O)c2nc(-c3nc(C(=O)NCCCNCCCCNCCCNC(=O)c4nc(-c5ccc6c(n5)C(=O)C(N)=C(OC)C6=O)c(N)c(-c5ccc(OC)c(OC)c5O)c4C)c(C)c(-c4ccc(OC)c(OC)c4O)c3N)ccc2C1=O. The molecule has 0 bridgehead atoms. The van der Waals surface area contributed by atoms with Gasteiger partial charge in [-0.1, -0.05) is 0 Å². The van der Waals surface area contributed by atoms with Gasteiger partial charge in [-0.25, -0.2) is 19.9 Å². The molecule has 2 aliphatic carbocycles. The first-order valence-electron chi connectivity index (χ1n) is 27.1. The highest BCUT2D eigenvalue weighted by Gasteiger charge is 2.37. The molecule has 0 saturated carbocycles. The number of phenols is 2. The van der Waals surface area contributed by atoms with Crippen LogP contribution in [0, 0.1) is 13.8 Å². The Bertz CT molecular complexity index is 3580. The van der Waals surface area contributed by atoms with Crippen molar-refractivity contribution in [2.75, 3.05) is 93.4 Å². The Kier molecular flexibility index (Phi) is 19.0. The lowest BCUT2D eigenvalue weighted by atomic mass is 9.93. The van der Waals surface area contributed by atoms with Crippen LogP contribution in [0.2, 0.25) is 0 Å². The predicted molar refractivity (Wildman–Crippen MR) is 316 cm³/mol. The standard InChI is InChI=1S/C60H66N12O14/c1-27-37(29-15-19-35(81-3)55(83-5)49(29)73)39(61)47(33-17-13-31-45(69-33)53(77)41(63)57(85-7)51(31)75)71-43(27)59(79)67-25-11-23-65-21-9-10-22-66-24-12-26-68-60(80)44-28(2)38(30-16-20-36(82-4)56(84-6)50(30)74)40(62)48(72-44)34-18-14-32-46(70-34)54(78)42(64)58(86-8)52(32)76/h13-20,65-66,73-74H,9-12,21-26,61-64H2,1-8H3,(H,67,79)(H,68,80). The van der Waals surface area contributed by atoms with E-state index in [-0.39, 0.29) is 149 Å². The van der Waals surface area contributed by atoms with E-state index >= 15 is 0 Å². The van der Waals surface area contributed by atoms with E-state index < -0.39 is 46.3 Å². The number of nitrogens with zero attached hydrogens (tertiary/aromatic N) is 4. The van der Waals surface area contributed by atoms with Crippen molar-refractivity contribution >= 4 is 46.3 Å². The van der Waals surface area contributed by atoms with E-state index in [4.69, 9.17) is 51.4 Å². The van der Waals surface area contributed by atoms with Gasteiger partial charge in [-0.2, -0.15) is 0 Å². The van der Waals surface area contributed by atoms with Crippen molar-refractivity contribution in [2.45, 2.75) is 39.5 Å². The van der Waals surface area contributed by atoms with Crippen molar-refractivity contribution in [3.05, 3.63) is 116 Å². The van der Waals surface area contributed by atoms with Crippen LogP contribution in [0.3, 0.4) is 0 Å². The summed E-state index contributed by atoms with van der Waals surface area (Å²) in [5, 5.41) is 35.5. The third-order valence-electron chi connectivity index (χ3n) is 14.5. The van der Waals surface area contributed by atoms with Crippen LogP contribution in [0.15, 0.2) is 71.4 Å². The fraction of sp³-hybridized carbons (Fsp3) is 0.300. The minimum Gasteiger partial charge on any atom is -0.504 e. The van der Waals surface area contributed by atoms with Crippen molar-refractivity contribution in [3.63, 3.8) is 0 Å². The van der Waals surface area contributed by atoms with Gasteiger partial charge in [0.25, 0.3) is 11.8 Å². The molecule has 8 rings (SSSR count). The molecular formula is C60H66N12O14. The molecule has 86 heavy (non-hydrogen) atoms. The van der Waals surface area contributed by atoms with Gasteiger partial charge in [0.05, 0.1) is 76.5 Å². The maximum atomic E-state index is 14.0. The third kappa shape index (κ3) is 11.7. The van der Waals surface area contributed by atoms with E-state index in [1.54, 1.807) is 38.1 Å². The van der Waals surface area contributed by atoms with E-state index in [2.05, 4.69) is 41.2 Å². The number of anilines is 2. The highest BCUT2D eigenvalue weighted by atomic mass is 16.5. The zero-order chi connectivity index (χ0) is 62.3. The number of nitrogen functional groups attached to an aromatic ring is 2. The number of unbranched alkanes of at least 4 members (excludes halogenated alkanes) is 1. The lowest BCUT2D eigenvalue weighted by molar-refractivity contribution is 0.0901. The van der Waals surface area contributed by atoms with Gasteiger partial charge in [0, 0.05) is 35.3 Å². The molecule has 6 aromatic rings. The molecule has 26 heteroatoms. The maximum Gasteiger partial charge on any atom is 0.270 e. The smallest absolute Gasteiger partial charge is 0.270 e. The van der Waals surface area contributed by atoms with E-state index in [1.807, 2.05) is 0 Å². The number of rotatable bonds is 25. The number of allylic oxidation sites excluding steroid dienone is 4. The molecule has 0 atom stereocenters. The monoisotopic (exact) mass is 1180 g/mol. The number of fused-ring (bicyclic) bond motifs is 2. The van der Waals surface area contributed by atoms with Crippen molar-refractivity contribution in [1.82, 2.24) is 41.2 Å². The molecule has 0 spiro atoms. The Hall–Kier alpha value is -10.3. The molecule has 2 amide bonds. The van der Waals surface area contributed by atoms with Crippen LogP contribution in [0.4, 0.5) is 11.4 Å². The predicted octanol–water partition coefficient (Wildman–Crippen LogP) is 4.45. The second-order valence-corrected chi connectivity index (χ2v) is 19.7. The van der Waals surface area contributed by atoms with E-state index in [9.17, 15) is 39.0 Å². The zero-order valence-electron chi connectivity index (χ0n) is 48.6. The Labute approximate surface area is 493 Å². The number of ketones is 4. The molecular weight excluding hydrogens is 1110 g/mol. The number of carbonyl (C=O) groups excluding carboxylic acids is 6. The summed E-state index contributed by atoms with van der Waals surface area (Å²) in [5.74, 6) is -4.54. The molecule has 14 N–H and O–H groups in total. The van der Waals surface area contributed by atoms with Gasteiger partial charge in [0.1, 0.15) is 45.6 Å². The molecule has 2 aliphatic rings. The summed E-state index contributed by atoms with van der Waals surface area (Å²) in [7, 11) is 8.01. The number of Topliss-reactive ketones (excluding diaryl/α,β-unsaturated/α-hetero) is 4. The summed E-state index contributed by atoms with van der Waals surface area (Å²) in [5.41, 5.74) is 25.7. The minimum absolute atomic E-state index is 0.00531. The minimum atomic E-state index is -0.741. The van der Waals surface area contributed by atoms with E-state index in [1.165, 1.54) is 66.9 Å². The van der Waals surface area contributed by atoms with Gasteiger partial charge in [0.2, 0.25) is 34.6 Å². The second kappa shape index (κ2) is 26.5. The van der Waals surface area contributed by atoms with Crippen LogP contribution < -0.4 is 63.1 Å². The Morgan fingerprint density at radius 1 is 0.442 bits per heavy atom. The van der Waals surface area contributed by atoms with Gasteiger partial charge >= 0.3 is 0 Å². The average Bonchev–Trinajstić information content (AvgIpc) is 2.08. The molecule has 0 fully saturated rings. The fourth-order valence-corrected chi connectivity index (χ4v) is 10.1. The first-order valence-corrected chi connectivity index (χ1v) is 27.1. The average molecular weight is 1180 g/mol. The van der Waals surface area contributed by atoms with Crippen molar-refractivity contribution in [1.29, 1.82) is 0 Å². The number of carbonyl (C=O) groups is 6. The van der Waals surface area contributed by atoms with Crippen LogP contribution in [-0.4, -0.2) is 147 Å². The summed E-state index contributed by atoms with van der Waals surface area (Å²) < 4.78 is 31.8. The molecule has 26 nitrogen and oxygen atoms in total. The van der Waals surface area contributed by atoms with E-state index in [0.717, 1.165) is 12.8 Å². The van der Waals surface area contributed by atoms with Crippen LogP contribution >= 0.6 is 0 Å². The molecule has 450 valence electrons. The highest BCUT2D eigenvalue weighted by molar-refractivity contribution is 6.26. The van der Waals surface area contributed by atoms with Crippen molar-refractivity contribution < 1.29 is 67.4 Å². The van der Waals surface area contributed by atoms with Crippen LogP contribution in [0.5, 0.6) is 34.5 Å². The number of phenolic OH excluding ortho intramolecular Hbond substituents is 2. The van der Waals surface area contributed by atoms with Gasteiger partial charge in [0.15, 0.2) is 34.5 Å². The van der Waals surface area contributed by atoms with Gasteiger partial charge in [-0.15, -0.1) is 0 Å².